The van der Waals surface area contributed by atoms with Crippen LogP contribution in [0.25, 0.3) is 23.0 Å². The van der Waals surface area contributed by atoms with Crippen molar-refractivity contribution in [2.45, 2.75) is 44.4 Å². The fraction of sp³-hybridized carbons (Fsp3) is 0.423. The monoisotopic (exact) mass is 490 g/mol. The highest BCUT2D eigenvalue weighted by Gasteiger charge is 2.52. The van der Waals surface area contributed by atoms with Crippen LogP contribution in [0.1, 0.15) is 26.7 Å². The minimum Gasteiger partial charge on any atom is -0.358 e. The first kappa shape index (κ1) is 24.1. The van der Waals surface area contributed by atoms with Gasteiger partial charge in [-0.1, -0.05) is 23.4 Å². The molecule has 1 atom stereocenters. The highest BCUT2D eigenvalue weighted by Crippen LogP contribution is 2.39. The fourth-order valence-corrected chi connectivity index (χ4v) is 4.48. The lowest BCUT2D eigenvalue weighted by atomic mass is 9.90. The number of likely N-dealkylation sites (N-methyl/N-ethyl adjacent to an activating group) is 1. The zero-order valence-electron chi connectivity index (χ0n) is 20.7. The van der Waals surface area contributed by atoms with Crippen LogP contribution in [0.4, 0.5) is 5.69 Å². The smallest absolute Gasteiger partial charge is 0.260 e. The highest BCUT2D eigenvalue weighted by atomic mass is 16.5. The first-order chi connectivity index (χ1) is 17.3. The predicted molar refractivity (Wildman–Crippen MR) is 133 cm³/mol. The van der Waals surface area contributed by atoms with Crippen molar-refractivity contribution in [3.8, 4) is 23.0 Å². The van der Waals surface area contributed by atoms with E-state index in [1.165, 1.54) is 0 Å². The second-order valence-corrected chi connectivity index (χ2v) is 9.76. The molecule has 2 amide bonds. The molecule has 2 aliphatic heterocycles. The molecule has 0 aliphatic carbocycles. The molecule has 2 aliphatic rings. The van der Waals surface area contributed by atoms with E-state index in [0.29, 0.717) is 54.9 Å². The van der Waals surface area contributed by atoms with Crippen LogP contribution in [0.15, 0.2) is 53.2 Å². The SMILES string of the molecule is CC(C)N(C)CC(=O)N1CC2(CCC(C(=O)Nc3ccccc3-c3nc(-c4ccccn4)no3)O2)C1. The lowest BCUT2D eigenvalue weighted by Crippen LogP contribution is -2.64. The Morgan fingerprint density at radius 3 is 2.72 bits per heavy atom. The maximum atomic E-state index is 13.1. The molecular formula is C26H30N6O4. The zero-order valence-corrected chi connectivity index (χ0v) is 20.7. The van der Waals surface area contributed by atoms with Crippen molar-refractivity contribution in [2.75, 3.05) is 32.0 Å². The number of pyridine rings is 1. The summed E-state index contributed by atoms with van der Waals surface area (Å²) in [5, 5.41) is 6.99. The number of anilines is 1. The quantitative estimate of drug-likeness (QED) is 0.538. The molecule has 3 aromatic rings. The molecule has 1 aromatic carbocycles. The summed E-state index contributed by atoms with van der Waals surface area (Å²) in [4.78, 5) is 38.1. The molecule has 0 saturated carbocycles. The number of ether oxygens (including phenoxy) is 1. The maximum Gasteiger partial charge on any atom is 0.260 e. The van der Waals surface area contributed by atoms with Gasteiger partial charge in [-0.3, -0.25) is 19.5 Å². The third-order valence-electron chi connectivity index (χ3n) is 6.86. The molecule has 5 rings (SSSR count). The Morgan fingerprint density at radius 2 is 1.97 bits per heavy atom. The van der Waals surface area contributed by atoms with Crippen LogP contribution in [-0.2, 0) is 14.3 Å². The Kier molecular flexibility index (Phi) is 6.55. The molecule has 0 bridgehead atoms. The van der Waals surface area contributed by atoms with Crippen LogP contribution in [0.3, 0.4) is 0 Å². The Hall–Kier alpha value is -3.63. The summed E-state index contributed by atoms with van der Waals surface area (Å²) in [6.45, 7) is 5.55. The summed E-state index contributed by atoms with van der Waals surface area (Å²) in [7, 11) is 1.94. The molecule has 2 aromatic heterocycles. The van der Waals surface area contributed by atoms with Gasteiger partial charge in [-0.25, -0.2) is 0 Å². The average Bonchev–Trinajstić information content (AvgIpc) is 3.52. The fourth-order valence-electron chi connectivity index (χ4n) is 4.48. The Balaban J connectivity index is 1.21. The summed E-state index contributed by atoms with van der Waals surface area (Å²) in [6.07, 6.45) is 2.43. The summed E-state index contributed by atoms with van der Waals surface area (Å²) >= 11 is 0. The van der Waals surface area contributed by atoms with Crippen molar-refractivity contribution in [1.82, 2.24) is 24.9 Å². The lowest BCUT2D eigenvalue weighted by molar-refractivity contribution is -0.168. The summed E-state index contributed by atoms with van der Waals surface area (Å²) in [5.41, 5.74) is 1.34. The number of amides is 2. The Morgan fingerprint density at radius 1 is 1.19 bits per heavy atom. The average molecular weight is 491 g/mol. The van der Waals surface area contributed by atoms with Crippen molar-refractivity contribution in [3.05, 3.63) is 48.7 Å². The van der Waals surface area contributed by atoms with Gasteiger partial charge in [0.05, 0.1) is 30.9 Å². The number of hydrogen-bond donors (Lipinski definition) is 1. The van der Waals surface area contributed by atoms with Gasteiger partial charge >= 0.3 is 0 Å². The van der Waals surface area contributed by atoms with E-state index in [2.05, 4.69) is 34.3 Å². The number of nitrogens with one attached hydrogen (secondary N) is 1. The van der Waals surface area contributed by atoms with Gasteiger partial charge < -0.3 is 19.5 Å². The first-order valence-electron chi connectivity index (χ1n) is 12.1. The van der Waals surface area contributed by atoms with Crippen molar-refractivity contribution in [2.24, 2.45) is 0 Å². The van der Waals surface area contributed by atoms with E-state index in [-0.39, 0.29) is 17.7 Å². The second kappa shape index (κ2) is 9.79. The molecule has 0 radical (unpaired) electrons. The number of carbonyl (C=O) groups is 2. The van der Waals surface area contributed by atoms with Gasteiger partial charge in [0.15, 0.2) is 0 Å². The van der Waals surface area contributed by atoms with Crippen molar-refractivity contribution >= 4 is 17.5 Å². The van der Waals surface area contributed by atoms with Gasteiger partial charge in [0, 0.05) is 12.2 Å². The van der Waals surface area contributed by atoms with E-state index in [4.69, 9.17) is 9.26 Å². The zero-order chi connectivity index (χ0) is 25.3. The van der Waals surface area contributed by atoms with E-state index >= 15 is 0 Å². The summed E-state index contributed by atoms with van der Waals surface area (Å²) < 4.78 is 11.6. The molecule has 2 fully saturated rings. The topological polar surface area (TPSA) is 114 Å². The number of carbonyl (C=O) groups excluding carboxylic acids is 2. The normalized spacial score (nSPS) is 18.6. The van der Waals surface area contributed by atoms with Crippen LogP contribution in [0.2, 0.25) is 0 Å². The third-order valence-corrected chi connectivity index (χ3v) is 6.86. The van der Waals surface area contributed by atoms with Crippen LogP contribution < -0.4 is 5.32 Å². The van der Waals surface area contributed by atoms with Crippen LogP contribution in [0, 0.1) is 0 Å². The molecule has 10 nitrogen and oxygen atoms in total. The summed E-state index contributed by atoms with van der Waals surface area (Å²) in [5.74, 6) is 0.520. The van der Waals surface area contributed by atoms with Crippen molar-refractivity contribution in [1.29, 1.82) is 0 Å². The van der Waals surface area contributed by atoms with Gasteiger partial charge in [0.1, 0.15) is 17.4 Å². The van der Waals surface area contributed by atoms with E-state index in [9.17, 15) is 9.59 Å². The number of likely N-dealkylation sites (tertiary alicyclic amines) is 1. The van der Waals surface area contributed by atoms with Crippen molar-refractivity contribution in [3.63, 3.8) is 0 Å². The van der Waals surface area contributed by atoms with Crippen LogP contribution >= 0.6 is 0 Å². The summed E-state index contributed by atoms with van der Waals surface area (Å²) in [6, 6.07) is 13.0. The predicted octanol–water partition coefficient (Wildman–Crippen LogP) is 2.84. The standard InChI is InChI=1S/C26H30N6O4/c1-17(2)31(3)14-22(33)32-15-26(16-32)12-11-21(35-26)24(34)28-19-9-5-4-8-18(19)25-29-23(30-36-25)20-10-6-7-13-27-20/h4-10,13,17,21H,11-12,14-16H2,1-3H3,(H,28,34). The number of rotatable bonds is 7. The van der Waals surface area contributed by atoms with Gasteiger partial charge in [0.2, 0.25) is 11.7 Å². The van der Waals surface area contributed by atoms with E-state index < -0.39 is 11.7 Å². The molecule has 4 heterocycles. The molecule has 10 heteroatoms. The van der Waals surface area contributed by atoms with Crippen LogP contribution in [0.5, 0.6) is 0 Å². The number of aromatic nitrogens is 3. The molecular weight excluding hydrogens is 460 g/mol. The number of benzene rings is 1. The minimum atomic E-state index is -0.583. The Labute approximate surface area is 209 Å². The lowest BCUT2D eigenvalue weighted by Gasteiger charge is -2.47. The van der Waals surface area contributed by atoms with Crippen molar-refractivity contribution < 1.29 is 18.8 Å². The first-order valence-corrected chi connectivity index (χ1v) is 12.1. The van der Waals surface area contributed by atoms with Gasteiger partial charge in [-0.05, 0) is 58.0 Å². The molecule has 36 heavy (non-hydrogen) atoms. The third kappa shape index (κ3) is 4.87. The maximum absolute atomic E-state index is 13.1. The molecule has 188 valence electrons. The molecule has 1 spiro atoms. The Bertz CT molecular complexity index is 1240. The van der Waals surface area contributed by atoms with E-state index in [0.717, 1.165) is 6.42 Å². The highest BCUT2D eigenvalue weighted by molar-refractivity contribution is 5.97. The number of hydrogen-bond acceptors (Lipinski definition) is 8. The number of nitrogens with zero attached hydrogens (tertiary/aromatic N) is 5. The van der Waals surface area contributed by atoms with Gasteiger partial charge in [-0.2, -0.15) is 4.98 Å². The second-order valence-electron chi connectivity index (χ2n) is 9.76. The molecule has 1 unspecified atom stereocenters. The van der Waals surface area contributed by atoms with Crippen LogP contribution in [-0.4, -0.2) is 81.2 Å². The molecule has 1 N–H and O–H groups in total. The van der Waals surface area contributed by atoms with Gasteiger partial charge in [-0.15, -0.1) is 0 Å². The molecule has 2 saturated heterocycles. The van der Waals surface area contributed by atoms with E-state index in [1.54, 1.807) is 18.3 Å². The number of para-hydroxylation sites is 1. The van der Waals surface area contributed by atoms with Gasteiger partial charge in [0.25, 0.3) is 11.8 Å². The van der Waals surface area contributed by atoms with E-state index in [1.807, 2.05) is 47.2 Å². The minimum absolute atomic E-state index is 0.0897. The largest absolute Gasteiger partial charge is 0.358 e.